The highest BCUT2D eigenvalue weighted by Crippen LogP contribution is 2.36. The number of β-amino-alcohol motifs (C(OH)–C–C–N with tert-alkyl or cyclic N) is 1. The third kappa shape index (κ3) is 5.10. The molecule has 1 saturated heterocycles. The number of piperazine rings is 1. The number of halogens is 4. The van der Waals surface area contributed by atoms with Crippen molar-refractivity contribution in [2.75, 3.05) is 32.7 Å². The molecule has 1 aliphatic heterocycles. The molecule has 29 heavy (non-hydrogen) atoms. The summed E-state index contributed by atoms with van der Waals surface area (Å²) in [6, 6.07) is 11.7. The summed E-state index contributed by atoms with van der Waals surface area (Å²) in [7, 11) is -4.08. The van der Waals surface area contributed by atoms with Crippen molar-refractivity contribution in [3.05, 3.63) is 64.7 Å². The van der Waals surface area contributed by atoms with Crippen LogP contribution in [0.25, 0.3) is 0 Å². The fourth-order valence-corrected chi connectivity index (χ4v) is 4.88. The van der Waals surface area contributed by atoms with Gasteiger partial charge in [0, 0.05) is 32.7 Å². The molecule has 1 aliphatic rings. The maximum absolute atomic E-state index is 13.0. The van der Waals surface area contributed by atoms with Gasteiger partial charge in [0.1, 0.15) is 0 Å². The van der Waals surface area contributed by atoms with E-state index in [1.165, 1.54) is 0 Å². The highest BCUT2D eigenvalue weighted by molar-refractivity contribution is 7.89. The van der Waals surface area contributed by atoms with Crippen molar-refractivity contribution in [2.24, 2.45) is 0 Å². The largest absolute Gasteiger partial charge is 0.417 e. The average molecular weight is 449 g/mol. The molecular weight excluding hydrogens is 429 g/mol. The number of rotatable bonds is 5. The molecule has 2 aromatic rings. The number of hydrogen-bond donors (Lipinski definition) is 1. The van der Waals surface area contributed by atoms with Crippen LogP contribution >= 0.6 is 11.6 Å². The number of aliphatic hydroxyl groups is 1. The predicted octanol–water partition coefficient (Wildman–Crippen LogP) is 3.40. The molecule has 3 rings (SSSR count). The quantitative estimate of drug-likeness (QED) is 0.761. The maximum atomic E-state index is 13.0. The van der Waals surface area contributed by atoms with E-state index in [4.69, 9.17) is 11.6 Å². The lowest BCUT2D eigenvalue weighted by Gasteiger charge is -2.35. The van der Waals surface area contributed by atoms with E-state index in [9.17, 15) is 26.7 Å². The lowest BCUT2D eigenvalue weighted by atomic mass is 10.1. The number of sulfonamides is 1. The molecule has 10 heteroatoms. The van der Waals surface area contributed by atoms with Gasteiger partial charge in [0.15, 0.2) is 0 Å². The molecule has 0 aliphatic carbocycles. The zero-order valence-corrected chi connectivity index (χ0v) is 16.9. The molecule has 1 N–H and O–H groups in total. The van der Waals surface area contributed by atoms with Crippen LogP contribution in [0.4, 0.5) is 13.2 Å². The third-order valence-electron chi connectivity index (χ3n) is 4.83. The summed E-state index contributed by atoms with van der Waals surface area (Å²) in [5.74, 6) is 0. The minimum atomic E-state index is -4.74. The van der Waals surface area contributed by atoms with Gasteiger partial charge in [0.25, 0.3) is 0 Å². The standard InChI is InChI=1S/C19H20ClF3N2O3S/c20-17-7-6-15(12-16(17)19(21,22)23)29(27,28)25-10-8-24(9-11-25)13-18(26)14-4-2-1-3-5-14/h1-7,12,18,26H,8-11,13H2/t18-/m1/s1. The first-order valence-electron chi connectivity index (χ1n) is 8.91. The van der Waals surface area contributed by atoms with Gasteiger partial charge >= 0.3 is 6.18 Å². The van der Waals surface area contributed by atoms with Crippen LogP contribution in [0.3, 0.4) is 0 Å². The second-order valence-electron chi connectivity index (χ2n) is 6.77. The van der Waals surface area contributed by atoms with Crippen molar-refractivity contribution in [1.82, 2.24) is 9.21 Å². The van der Waals surface area contributed by atoms with Gasteiger partial charge in [-0.05, 0) is 23.8 Å². The molecular formula is C19H20ClF3N2O3S. The van der Waals surface area contributed by atoms with Gasteiger partial charge in [-0.15, -0.1) is 0 Å². The third-order valence-corrected chi connectivity index (χ3v) is 7.05. The molecule has 0 bridgehead atoms. The fraction of sp³-hybridized carbons (Fsp3) is 0.368. The number of hydrogen-bond acceptors (Lipinski definition) is 4. The summed E-state index contributed by atoms with van der Waals surface area (Å²) in [6.07, 6.45) is -5.44. The van der Waals surface area contributed by atoms with Crippen molar-refractivity contribution < 1.29 is 26.7 Å². The van der Waals surface area contributed by atoms with Crippen LogP contribution in [-0.2, 0) is 16.2 Å². The number of nitrogens with zero attached hydrogens (tertiary/aromatic N) is 2. The van der Waals surface area contributed by atoms with Gasteiger partial charge in [-0.1, -0.05) is 41.9 Å². The first kappa shape index (κ1) is 22.0. The maximum Gasteiger partial charge on any atom is 0.417 e. The summed E-state index contributed by atoms with van der Waals surface area (Å²) >= 11 is 5.58. The Morgan fingerprint density at radius 1 is 1.03 bits per heavy atom. The van der Waals surface area contributed by atoms with Crippen LogP contribution in [0.1, 0.15) is 17.2 Å². The molecule has 0 unspecified atom stereocenters. The summed E-state index contributed by atoms with van der Waals surface area (Å²) in [4.78, 5) is 1.49. The van der Waals surface area contributed by atoms with E-state index in [-0.39, 0.29) is 13.1 Å². The molecule has 5 nitrogen and oxygen atoms in total. The lowest BCUT2D eigenvalue weighted by molar-refractivity contribution is -0.137. The molecule has 1 heterocycles. The smallest absolute Gasteiger partial charge is 0.387 e. The second kappa shape index (κ2) is 8.61. The zero-order valence-electron chi connectivity index (χ0n) is 15.3. The Balaban J connectivity index is 1.67. The normalized spacial score (nSPS) is 18.0. The molecule has 0 amide bonds. The van der Waals surface area contributed by atoms with Gasteiger partial charge in [-0.25, -0.2) is 8.42 Å². The zero-order chi connectivity index (χ0) is 21.2. The molecule has 2 aromatic carbocycles. The fourth-order valence-electron chi connectivity index (χ4n) is 3.21. The Kier molecular flexibility index (Phi) is 6.54. The van der Waals surface area contributed by atoms with Crippen LogP contribution in [-0.4, -0.2) is 55.5 Å². The topological polar surface area (TPSA) is 60.9 Å². The molecule has 0 radical (unpaired) electrons. The van der Waals surface area contributed by atoms with Crippen molar-refractivity contribution >= 4 is 21.6 Å². The molecule has 1 fully saturated rings. The van der Waals surface area contributed by atoms with E-state index >= 15 is 0 Å². The van der Waals surface area contributed by atoms with Crippen LogP contribution in [0, 0.1) is 0 Å². The first-order valence-corrected chi connectivity index (χ1v) is 10.7. The summed E-state index contributed by atoms with van der Waals surface area (Å²) in [5.41, 5.74) is -0.409. The number of aliphatic hydroxyl groups excluding tert-OH is 1. The van der Waals surface area contributed by atoms with Crippen molar-refractivity contribution in [3.8, 4) is 0 Å². The summed E-state index contributed by atoms with van der Waals surface area (Å²) in [6.45, 7) is 1.31. The van der Waals surface area contributed by atoms with E-state index in [2.05, 4.69) is 0 Å². The van der Waals surface area contributed by atoms with E-state index in [1.54, 1.807) is 0 Å². The van der Waals surface area contributed by atoms with Gasteiger partial charge in [0.2, 0.25) is 10.0 Å². The second-order valence-corrected chi connectivity index (χ2v) is 9.12. The SMILES string of the molecule is O=S(=O)(c1ccc(Cl)c(C(F)(F)F)c1)N1CCN(C[C@@H](O)c2ccccc2)CC1. The first-order chi connectivity index (χ1) is 13.6. The molecule has 1 atom stereocenters. The van der Waals surface area contributed by atoms with Crippen LogP contribution in [0.2, 0.25) is 5.02 Å². The minimum absolute atomic E-state index is 0.119. The van der Waals surface area contributed by atoms with Gasteiger partial charge in [0.05, 0.1) is 21.6 Å². The summed E-state index contributed by atoms with van der Waals surface area (Å²) in [5, 5.41) is 9.77. The van der Waals surface area contributed by atoms with Gasteiger partial charge < -0.3 is 5.11 Å². The Labute approximate surface area is 172 Å². The Morgan fingerprint density at radius 3 is 2.24 bits per heavy atom. The molecule has 0 saturated carbocycles. The Hall–Kier alpha value is -1.65. The highest BCUT2D eigenvalue weighted by Gasteiger charge is 2.36. The van der Waals surface area contributed by atoms with E-state index < -0.39 is 37.8 Å². The molecule has 0 spiro atoms. The van der Waals surface area contributed by atoms with Crippen LogP contribution in [0.15, 0.2) is 53.4 Å². The number of alkyl halides is 3. The van der Waals surface area contributed by atoms with Crippen molar-refractivity contribution in [3.63, 3.8) is 0 Å². The Bertz CT molecular complexity index is 947. The van der Waals surface area contributed by atoms with Gasteiger partial charge in [-0.3, -0.25) is 4.90 Å². The summed E-state index contributed by atoms with van der Waals surface area (Å²) < 4.78 is 65.9. The van der Waals surface area contributed by atoms with E-state index in [0.717, 1.165) is 22.0 Å². The van der Waals surface area contributed by atoms with Gasteiger partial charge in [-0.2, -0.15) is 17.5 Å². The Morgan fingerprint density at radius 2 is 1.66 bits per heavy atom. The van der Waals surface area contributed by atoms with E-state index in [0.29, 0.717) is 25.7 Å². The van der Waals surface area contributed by atoms with Crippen LogP contribution < -0.4 is 0 Å². The van der Waals surface area contributed by atoms with Crippen molar-refractivity contribution in [1.29, 1.82) is 0 Å². The minimum Gasteiger partial charge on any atom is -0.387 e. The van der Waals surface area contributed by atoms with Crippen LogP contribution in [0.5, 0.6) is 0 Å². The molecule has 158 valence electrons. The van der Waals surface area contributed by atoms with Crippen molar-refractivity contribution in [2.45, 2.75) is 17.2 Å². The monoisotopic (exact) mass is 448 g/mol. The number of benzene rings is 2. The van der Waals surface area contributed by atoms with E-state index in [1.807, 2.05) is 35.2 Å². The average Bonchev–Trinajstić information content (AvgIpc) is 2.68. The predicted molar refractivity (Wildman–Crippen MR) is 103 cm³/mol. The highest BCUT2D eigenvalue weighted by atomic mass is 35.5. The lowest BCUT2D eigenvalue weighted by Crippen LogP contribution is -2.49. The molecule has 0 aromatic heterocycles.